The molecule has 3 rings (SSSR count). The van der Waals surface area contributed by atoms with E-state index in [-0.39, 0.29) is 11.9 Å². The van der Waals surface area contributed by atoms with E-state index < -0.39 is 5.60 Å². The number of nitrogens with one attached hydrogen (secondary N) is 2. The van der Waals surface area contributed by atoms with E-state index in [1.54, 1.807) is 7.11 Å². The summed E-state index contributed by atoms with van der Waals surface area (Å²) in [6, 6.07) is 7.85. The number of methoxy groups -OCH3 is 1. The fraction of sp³-hybridized carbons (Fsp3) is 0.750. The first-order valence-corrected chi connectivity index (χ1v) is 14.0. The van der Waals surface area contributed by atoms with Gasteiger partial charge in [0.2, 0.25) is 0 Å². The molecule has 0 unspecified atom stereocenters. The van der Waals surface area contributed by atoms with E-state index in [0.29, 0.717) is 37.2 Å². The van der Waals surface area contributed by atoms with Crippen molar-refractivity contribution in [3.8, 4) is 0 Å². The summed E-state index contributed by atoms with van der Waals surface area (Å²) in [7, 11) is 3.69. The first-order chi connectivity index (χ1) is 17.0. The zero-order chi connectivity index (χ0) is 25.1. The Hall–Kier alpha value is -1.34. The van der Waals surface area contributed by atoms with Crippen LogP contribution in [0, 0.1) is 11.8 Å². The highest BCUT2D eigenvalue weighted by molar-refractivity contribution is 6.30. The summed E-state index contributed by atoms with van der Waals surface area (Å²) in [6.07, 6.45) is 11.9. The van der Waals surface area contributed by atoms with Crippen LogP contribution in [0.5, 0.6) is 0 Å². The molecule has 6 nitrogen and oxygen atoms in total. The number of amides is 2. The molecule has 1 heterocycles. The van der Waals surface area contributed by atoms with E-state index in [4.69, 9.17) is 16.3 Å². The number of hydrogen-bond donors (Lipinski definition) is 3. The second-order valence-corrected chi connectivity index (χ2v) is 11.0. The zero-order valence-electron chi connectivity index (χ0n) is 21.7. The molecule has 0 aromatic heterocycles. The molecule has 1 saturated heterocycles. The van der Waals surface area contributed by atoms with Gasteiger partial charge in [-0.15, -0.1) is 0 Å². The number of aliphatic hydroxyl groups is 1. The van der Waals surface area contributed by atoms with E-state index in [9.17, 15) is 9.90 Å². The number of unbranched alkanes of at least 4 members (excludes halogenated alkanes) is 1. The Labute approximate surface area is 217 Å². The number of rotatable bonds is 12. The second kappa shape index (κ2) is 14.4. The van der Waals surface area contributed by atoms with Crippen LogP contribution >= 0.6 is 11.6 Å². The molecule has 1 saturated carbocycles. The van der Waals surface area contributed by atoms with Crippen LogP contribution in [0.25, 0.3) is 0 Å². The largest absolute Gasteiger partial charge is 0.385 e. The molecule has 3 N–H and O–H groups in total. The third-order valence-corrected chi connectivity index (χ3v) is 8.35. The molecule has 35 heavy (non-hydrogen) atoms. The molecule has 198 valence electrons. The highest BCUT2D eigenvalue weighted by atomic mass is 35.5. The standard InChI is InChI=1S/C28H46ClN3O3/c1-30-26(18-22-10-4-3-5-11-22)20-31-27(33)32-16-9-13-24(21-32)28(34,15-6-7-17-35-2)23-12-8-14-25(29)19-23/h8,12,14,19,22,24,26,30,34H,3-7,9-11,13,15-18,20-21H2,1-2H3,(H,31,33)/t24-,26-,28-/m1/s1. The third-order valence-electron chi connectivity index (χ3n) is 8.12. The molecule has 0 bridgehead atoms. The van der Waals surface area contributed by atoms with E-state index in [1.807, 2.05) is 36.2 Å². The van der Waals surface area contributed by atoms with E-state index in [1.165, 1.54) is 32.1 Å². The number of carbonyl (C=O) groups excluding carboxylic acids is 1. The van der Waals surface area contributed by atoms with Gasteiger partial charge in [-0.1, -0.05) is 55.8 Å². The Bertz CT molecular complexity index is 774. The van der Waals surface area contributed by atoms with Crippen LogP contribution in [-0.2, 0) is 10.3 Å². The van der Waals surface area contributed by atoms with Gasteiger partial charge >= 0.3 is 6.03 Å². The van der Waals surface area contributed by atoms with Crippen molar-refractivity contribution in [2.45, 2.75) is 82.3 Å². The van der Waals surface area contributed by atoms with Gasteiger partial charge in [-0.2, -0.15) is 0 Å². The summed E-state index contributed by atoms with van der Waals surface area (Å²) >= 11 is 6.30. The number of urea groups is 1. The lowest BCUT2D eigenvalue weighted by atomic mass is 9.74. The van der Waals surface area contributed by atoms with Gasteiger partial charge in [0.25, 0.3) is 0 Å². The monoisotopic (exact) mass is 507 g/mol. The van der Waals surface area contributed by atoms with Crippen LogP contribution in [-0.4, -0.2) is 62.5 Å². The maximum Gasteiger partial charge on any atom is 0.317 e. The Morgan fingerprint density at radius 2 is 2.03 bits per heavy atom. The Morgan fingerprint density at radius 3 is 2.74 bits per heavy atom. The van der Waals surface area contributed by atoms with Crippen molar-refractivity contribution in [2.75, 3.05) is 40.4 Å². The number of ether oxygens (including phenoxy) is 1. The topological polar surface area (TPSA) is 73.8 Å². The number of benzene rings is 1. The molecule has 0 spiro atoms. The molecular formula is C28H46ClN3O3. The van der Waals surface area contributed by atoms with Crippen LogP contribution in [0.2, 0.25) is 5.02 Å². The summed E-state index contributed by atoms with van der Waals surface area (Å²) in [5.41, 5.74) is -0.177. The van der Waals surface area contributed by atoms with Gasteiger partial charge in [-0.25, -0.2) is 4.79 Å². The highest BCUT2D eigenvalue weighted by Crippen LogP contribution is 2.40. The molecular weight excluding hydrogens is 462 g/mol. The smallest absolute Gasteiger partial charge is 0.317 e. The Balaban J connectivity index is 1.61. The van der Waals surface area contributed by atoms with E-state index >= 15 is 0 Å². The molecule has 7 heteroatoms. The van der Waals surface area contributed by atoms with Crippen molar-refractivity contribution in [2.24, 2.45) is 11.8 Å². The maximum atomic E-state index is 13.1. The van der Waals surface area contributed by atoms with Crippen molar-refractivity contribution in [3.05, 3.63) is 34.9 Å². The van der Waals surface area contributed by atoms with Crippen molar-refractivity contribution in [1.29, 1.82) is 0 Å². The third kappa shape index (κ3) is 8.34. The fourth-order valence-electron chi connectivity index (χ4n) is 5.99. The predicted molar refractivity (Wildman–Crippen MR) is 143 cm³/mol. The minimum absolute atomic E-state index is 0.0218. The fourth-order valence-corrected chi connectivity index (χ4v) is 6.18. The lowest BCUT2D eigenvalue weighted by Crippen LogP contribution is -2.52. The number of halogens is 1. The number of piperidine rings is 1. The summed E-state index contributed by atoms with van der Waals surface area (Å²) in [5, 5.41) is 19.2. The normalized spacial score (nSPS) is 21.9. The van der Waals surface area contributed by atoms with Gasteiger partial charge < -0.3 is 25.4 Å². The molecule has 3 atom stereocenters. The summed E-state index contributed by atoms with van der Waals surface area (Å²) < 4.78 is 5.21. The van der Waals surface area contributed by atoms with Crippen LogP contribution in [0.3, 0.4) is 0 Å². The SMILES string of the molecule is CN[C@@H](CNC(=O)N1CCC[C@@H]([C@@](O)(CCCCOC)c2cccc(Cl)c2)C1)CC1CCCCC1. The second-order valence-electron chi connectivity index (χ2n) is 10.6. The molecule has 1 aliphatic carbocycles. The van der Waals surface area contributed by atoms with Gasteiger partial charge in [-0.05, 0) is 69.2 Å². The Kier molecular flexibility index (Phi) is 11.6. The zero-order valence-corrected chi connectivity index (χ0v) is 22.5. The van der Waals surface area contributed by atoms with Gasteiger partial charge in [0, 0.05) is 50.3 Å². The van der Waals surface area contributed by atoms with Crippen LogP contribution in [0.4, 0.5) is 4.79 Å². The quantitative estimate of drug-likeness (QED) is 0.334. The first-order valence-electron chi connectivity index (χ1n) is 13.6. The highest BCUT2D eigenvalue weighted by Gasteiger charge is 2.41. The van der Waals surface area contributed by atoms with Crippen LogP contribution < -0.4 is 10.6 Å². The van der Waals surface area contributed by atoms with Crippen molar-refractivity contribution >= 4 is 17.6 Å². The van der Waals surface area contributed by atoms with Gasteiger partial charge in [0.1, 0.15) is 0 Å². The number of nitrogens with zero attached hydrogens (tertiary/aromatic N) is 1. The van der Waals surface area contributed by atoms with Gasteiger partial charge in [-0.3, -0.25) is 0 Å². The molecule has 2 amide bonds. The van der Waals surface area contributed by atoms with E-state index in [0.717, 1.165) is 50.1 Å². The molecule has 1 aromatic rings. The van der Waals surface area contributed by atoms with Crippen molar-refractivity contribution < 1.29 is 14.6 Å². The Morgan fingerprint density at radius 1 is 1.23 bits per heavy atom. The summed E-state index contributed by atoms with van der Waals surface area (Å²) in [6.45, 7) is 2.59. The van der Waals surface area contributed by atoms with E-state index in [2.05, 4.69) is 10.6 Å². The van der Waals surface area contributed by atoms with Crippen LogP contribution in [0.1, 0.15) is 76.2 Å². The number of hydrogen-bond acceptors (Lipinski definition) is 4. The van der Waals surface area contributed by atoms with Gasteiger partial charge in [0.15, 0.2) is 0 Å². The lowest BCUT2D eigenvalue weighted by Gasteiger charge is -2.43. The molecule has 0 radical (unpaired) electrons. The number of carbonyl (C=O) groups is 1. The van der Waals surface area contributed by atoms with Crippen molar-refractivity contribution in [1.82, 2.24) is 15.5 Å². The summed E-state index contributed by atoms with van der Waals surface area (Å²) in [4.78, 5) is 15.0. The number of likely N-dealkylation sites (tertiary alicyclic amines) is 1. The number of likely N-dealkylation sites (N-methyl/N-ethyl adjacent to an activating group) is 1. The maximum absolute atomic E-state index is 13.1. The van der Waals surface area contributed by atoms with Crippen LogP contribution in [0.15, 0.2) is 24.3 Å². The van der Waals surface area contributed by atoms with Crippen molar-refractivity contribution in [3.63, 3.8) is 0 Å². The molecule has 2 fully saturated rings. The first kappa shape index (κ1) is 28.2. The predicted octanol–water partition coefficient (Wildman–Crippen LogP) is 5.32. The molecule has 1 aromatic carbocycles. The average molecular weight is 508 g/mol. The minimum atomic E-state index is -1.02. The molecule has 2 aliphatic rings. The summed E-state index contributed by atoms with van der Waals surface area (Å²) in [5.74, 6) is 0.730. The average Bonchev–Trinajstić information content (AvgIpc) is 2.89. The minimum Gasteiger partial charge on any atom is -0.385 e. The lowest BCUT2D eigenvalue weighted by molar-refractivity contribution is -0.0563. The molecule has 1 aliphatic heterocycles. The van der Waals surface area contributed by atoms with Gasteiger partial charge in [0.05, 0.1) is 5.60 Å².